The maximum absolute atomic E-state index is 13.3. The highest BCUT2D eigenvalue weighted by molar-refractivity contribution is 5.94. The average molecular weight is 407 g/mol. The van der Waals surface area contributed by atoms with Gasteiger partial charge in [-0.3, -0.25) is 9.69 Å². The molecule has 2 N–H and O–H groups in total. The van der Waals surface area contributed by atoms with Gasteiger partial charge in [0.25, 0.3) is 5.91 Å². The molecule has 0 spiro atoms. The van der Waals surface area contributed by atoms with Gasteiger partial charge in [0.05, 0.1) is 17.2 Å². The second-order valence-electron chi connectivity index (χ2n) is 6.77. The third-order valence-electron chi connectivity index (χ3n) is 4.71. The van der Waals surface area contributed by atoms with Gasteiger partial charge >= 0.3 is 6.18 Å². The van der Waals surface area contributed by atoms with E-state index in [1.807, 2.05) is 4.90 Å². The number of hydrogen-bond acceptors (Lipinski definition) is 4. The van der Waals surface area contributed by atoms with Crippen molar-refractivity contribution in [1.29, 1.82) is 5.26 Å². The molecule has 2 aromatic carbocycles. The predicted molar refractivity (Wildman–Crippen MR) is 96.2 cm³/mol. The van der Waals surface area contributed by atoms with Crippen molar-refractivity contribution in [3.8, 4) is 6.07 Å². The van der Waals surface area contributed by atoms with Crippen molar-refractivity contribution in [2.75, 3.05) is 18.4 Å². The Kier molecular flexibility index (Phi) is 5.86. The van der Waals surface area contributed by atoms with Gasteiger partial charge in [-0.05, 0) is 47.9 Å². The van der Waals surface area contributed by atoms with Gasteiger partial charge in [0.1, 0.15) is 11.9 Å². The summed E-state index contributed by atoms with van der Waals surface area (Å²) in [7, 11) is 0. The minimum absolute atomic E-state index is 0.0228. The molecule has 2 aromatic rings. The fourth-order valence-electron chi connectivity index (χ4n) is 3.24. The van der Waals surface area contributed by atoms with Crippen LogP contribution in [0.3, 0.4) is 0 Å². The van der Waals surface area contributed by atoms with Crippen LogP contribution in [0, 0.1) is 17.1 Å². The number of fused-ring (bicyclic) bond motifs is 1. The molecule has 0 bridgehead atoms. The molecule has 0 aliphatic carbocycles. The van der Waals surface area contributed by atoms with Crippen LogP contribution < -0.4 is 5.32 Å². The molecule has 1 unspecified atom stereocenters. The summed E-state index contributed by atoms with van der Waals surface area (Å²) < 4.78 is 52.3. The zero-order valence-electron chi connectivity index (χ0n) is 15.1. The van der Waals surface area contributed by atoms with E-state index in [0.29, 0.717) is 25.6 Å². The highest BCUT2D eigenvalue weighted by Crippen LogP contribution is 2.33. The van der Waals surface area contributed by atoms with Gasteiger partial charge < -0.3 is 10.4 Å². The van der Waals surface area contributed by atoms with Gasteiger partial charge in [0, 0.05) is 25.3 Å². The number of carbonyl (C=O) groups excluding carboxylic acids is 1. The van der Waals surface area contributed by atoms with Crippen molar-refractivity contribution in [3.63, 3.8) is 0 Å². The van der Waals surface area contributed by atoms with Crippen molar-refractivity contribution >= 4 is 11.6 Å². The average Bonchev–Trinajstić information content (AvgIpc) is 2.67. The van der Waals surface area contributed by atoms with Crippen LogP contribution in [0.4, 0.5) is 23.2 Å². The SMILES string of the molecule is N#Cc1ccc(NC(=O)C(O)CN2CCc3cc(F)ccc3C2)cc1C(F)(F)F. The summed E-state index contributed by atoms with van der Waals surface area (Å²) in [5.74, 6) is -1.18. The van der Waals surface area contributed by atoms with E-state index >= 15 is 0 Å². The molecule has 1 aliphatic heterocycles. The normalized spacial score (nSPS) is 15.3. The van der Waals surface area contributed by atoms with Crippen molar-refractivity contribution in [2.45, 2.75) is 25.2 Å². The van der Waals surface area contributed by atoms with E-state index in [9.17, 15) is 27.5 Å². The lowest BCUT2D eigenvalue weighted by Crippen LogP contribution is -2.41. The van der Waals surface area contributed by atoms with E-state index in [-0.39, 0.29) is 18.0 Å². The molecule has 0 saturated heterocycles. The number of rotatable bonds is 4. The minimum Gasteiger partial charge on any atom is -0.382 e. The Labute approximate surface area is 164 Å². The molecular weight excluding hydrogens is 390 g/mol. The molecule has 1 amide bonds. The molecule has 0 fully saturated rings. The van der Waals surface area contributed by atoms with Crippen LogP contribution in [0.1, 0.15) is 22.3 Å². The van der Waals surface area contributed by atoms with Gasteiger partial charge in [-0.15, -0.1) is 0 Å². The second kappa shape index (κ2) is 8.19. The van der Waals surface area contributed by atoms with Gasteiger partial charge in [-0.2, -0.15) is 18.4 Å². The van der Waals surface area contributed by atoms with E-state index in [0.717, 1.165) is 17.2 Å². The molecule has 5 nitrogen and oxygen atoms in total. The summed E-state index contributed by atoms with van der Waals surface area (Å²) in [5.41, 5.74) is -0.115. The predicted octanol–water partition coefficient (Wildman–Crippen LogP) is 3.07. The van der Waals surface area contributed by atoms with E-state index in [1.165, 1.54) is 24.3 Å². The molecule has 0 aromatic heterocycles. The summed E-state index contributed by atoms with van der Waals surface area (Å²) in [4.78, 5) is 14.0. The number of hydrogen-bond donors (Lipinski definition) is 2. The molecule has 0 radical (unpaired) electrons. The first-order valence-electron chi connectivity index (χ1n) is 8.77. The van der Waals surface area contributed by atoms with E-state index in [2.05, 4.69) is 5.32 Å². The maximum atomic E-state index is 13.3. The van der Waals surface area contributed by atoms with Crippen molar-refractivity contribution in [1.82, 2.24) is 4.90 Å². The highest BCUT2D eigenvalue weighted by atomic mass is 19.4. The summed E-state index contributed by atoms with van der Waals surface area (Å²) in [6, 6.07) is 8.71. The highest BCUT2D eigenvalue weighted by Gasteiger charge is 2.34. The number of alkyl halides is 3. The summed E-state index contributed by atoms with van der Waals surface area (Å²) >= 11 is 0. The van der Waals surface area contributed by atoms with Crippen molar-refractivity contribution < 1.29 is 27.5 Å². The zero-order chi connectivity index (χ0) is 21.2. The van der Waals surface area contributed by atoms with E-state index in [4.69, 9.17) is 5.26 Å². The summed E-state index contributed by atoms with van der Waals surface area (Å²) in [6.45, 7) is 0.913. The van der Waals surface area contributed by atoms with Crippen molar-refractivity contribution in [2.24, 2.45) is 0 Å². The summed E-state index contributed by atoms with van der Waals surface area (Å²) in [6.07, 6.45) is -5.65. The first-order chi connectivity index (χ1) is 13.7. The number of halogens is 4. The molecule has 9 heteroatoms. The maximum Gasteiger partial charge on any atom is 0.417 e. The molecule has 3 rings (SSSR count). The Morgan fingerprint density at radius 1 is 1.24 bits per heavy atom. The Balaban J connectivity index is 1.64. The third kappa shape index (κ3) is 4.91. The van der Waals surface area contributed by atoms with Crippen LogP contribution in [0.5, 0.6) is 0 Å². The number of β-amino-alcohol motifs (C(OH)–C–C–N with tert-alkyl or cyclic N) is 1. The smallest absolute Gasteiger partial charge is 0.382 e. The number of aliphatic hydroxyl groups excluding tert-OH is 1. The van der Waals surface area contributed by atoms with Crippen LogP contribution in [0.15, 0.2) is 36.4 Å². The number of nitriles is 1. The molecule has 29 heavy (non-hydrogen) atoms. The Bertz CT molecular complexity index is 969. The zero-order valence-corrected chi connectivity index (χ0v) is 15.1. The van der Waals surface area contributed by atoms with E-state index < -0.39 is 29.3 Å². The number of nitrogens with one attached hydrogen (secondary N) is 1. The summed E-state index contributed by atoms with van der Waals surface area (Å²) in [5, 5.41) is 21.2. The first-order valence-corrected chi connectivity index (χ1v) is 8.77. The lowest BCUT2D eigenvalue weighted by Gasteiger charge is -2.30. The Morgan fingerprint density at radius 3 is 2.69 bits per heavy atom. The topological polar surface area (TPSA) is 76.4 Å². The third-order valence-corrected chi connectivity index (χ3v) is 4.71. The molecular formula is C20H17F4N3O2. The Hall–Kier alpha value is -2.96. The quantitative estimate of drug-likeness (QED) is 0.764. The molecule has 1 atom stereocenters. The van der Waals surface area contributed by atoms with Gasteiger partial charge in [-0.25, -0.2) is 4.39 Å². The van der Waals surface area contributed by atoms with Crippen LogP contribution in [0.25, 0.3) is 0 Å². The van der Waals surface area contributed by atoms with E-state index in [1.54, 1.807) is 6.07 Å². The van der Waals surface area contributed by atoms with Gasteiger partial charge in [0.2, 0.25) is 0 Å². The van der Waals surface area contributed by atoms with Gasteiger partial charge in [-0.1, -0.05) is 6.07 Å². The lowest BCUT2D eigenvalue weighted by atomic mass is 9.99. The fraction of sp³-hybridized carbons (Fsp3) is 0.300. The van der Waals surface area contributed by atoms with Gasteiger partial charge in [0.15, 0.2) is 0 Å². The number of anilines is 1. The molecule has 1 heterocycles. The van der Waals surface area contributed by atoms with Crippen LogP contribution in [-0.2, 0) is 23.9 Å². The second-order valence-corrected chi connectivity index (χ2v) is 6.77. The minimum atomic E-state index is -4.74. The number of benzene rings is 2. The first kappa shape index (κ1) is 20.8. The number of nitrogens with zero attached hydrogens (tertiary/aromatic N) is 2. The standard InChI is InChI=1S/C20H17F4N3O2/c21-15-3-1-14-10-27(6-5-12(14)7-15)11-18(28)19(29)26-16-4-2-13(9-25)17(8-16)20(22,23)24/h1-4,7-8,18,28H,5-6,10-11H2,(H,26,29). The molecule has 0 saturated carbocycles. The van der Waals surface area contributed by atoms with Crippen LogP contribution >= 0.6 is 0 Å². The van der Waals surface area contributed by atoms with Crippen LogP contribution in [-0.4, -0.2) is 35.1 Å². The largest absolute Gasteiger partial charge is 0.417 e. The number of aliphatic hydroxyl groups is 1. The molecule has 152 valence electrons. The van der Waals surface area contributed by atoms with Crippen molar-refractivity contribution in [3.05, 3.63) is 64.5 Å². The Morgan fingerprint density at radius 2 is 2.00 bits per heavy atom. The number of carbonyl (C=O) groups is 1. The number of amides is 1. The van der Waals surface area contributed by atoms with Crippen LogP contribution in [0.2, 0.25) is 0 Å². The monoisotopic (exact) mass is 407 g/mol. The molecule has 1 aliphatic rings. The lowest BCUT2D eigenvalue weighted by molar-refractivity contribution is -0.137. The fourth-order valence-corrected chi connectivity index (χ4v) is 3.24.